The lowest BCUT2D eigenvalue weighted by atomic mass is 10.0. The zero-order valence-corrected chi connectivity index (χ0v) is 23.7. The zero-order valence-electron chi connectivity index (χ0n) is 21.3. The van der Waals surface area contributed by atoms with E-state index in [-0.39, 0.29) is 22.5 Å². The van der Waals surface area contributed by atoms with E-state index in [2.05, 4.69) is 35.9 Å². The summed E-state index contributed by atoms with van der Waals surface area (Å²) in [6.45, 7) is 0. The van der Waals surface area contributed by atoms with Gasteiger partial charge in [-0.1, -0.05) is 15.9 Å². The van der Waals surface area contributed by atoms with Gasteiger partial charge in [0.2, 0.25) is 5.88 Å². The molecule has 0 spiro atoms. The SMILES string of the molecule is COc1ccc(-c2cc(C(=O)Nc3ccc(S(=O)(=O)Nc4cc(OC)ncn4)cc3)c3cc(Br)ccc3n2)cc1. The summed E-state index contributed by atoms with van der Waals surface area (Å²) in [6.07, 6.45) is 1.19. The Balaban J connectivity index is 1.41. The van der Waals surface area contributed by atoms with Crippen molar-refractivity contribution in [3.8, 4) is 22.9 Å². The van der Waals surface area contributed by atoms with Gasteiger partial charge in [0.1, 0.15) is 17.9 Å². The number of sulfonamides is 1. The second kappa shape index (κ2) is 11.3. The van der Waals surface area contributed by atoms with Crippen LogP contribution in [0.5, 0.6) is 11.6 Å². The van der Waals surface area contributed by atoms with E-state index in [1.54, 1.807) is 13.2 Å². The highest BCUT2D eigenvalue weighted by Gasteiger charge is 2.18. The molecule has 0 aliphatic heterocycles. The summed E-state index contributed by atoms with van der Waals surface area (Å²) in [5.41, 5.74) is 2.92. The maximum atomic E-state index is 13.5. The van der Waals surface area contributed by atoms with Crippen LogP contribution in [0.3, 0.4) is 0 Å². The number of nitrogens with one attached hydrogen (secondary N) is 2. The van der Waals surface area contributed by atoms with Crippen LogP contribution in [0.1, 0.15) is 10.4 Å². The normalized spacial score (nSPS) is 11.2. The van der Waals surface area contributed by atoms with Crippen LogP contribution in [-0.4, -0.2) is 43.5 Å². The highest BCUT2D eigenvalue weighted by Crippen LogP contribution is 2.29. The quantitative estimate of drug-likeness (QED) is 0.232. The Hall–Kier alpha value is -4.55. The number of aromatic nitrogens is 3. The molecule has 0 atom stereocenters. The van der Waals surface area contributed by atoms with E-state index in [1.807, 2.05) is 42.5 Å². The number of hydrogen-bond acceptors (Lipinski definition) is 8. The molecule has 1 amide bonds. The predicted octanol–water partition coefficient (Wildman–Crippen LogP) is 5.52. The number of nitrogens with zero attached hydrogens (tertiary/aromatic N) is 3. The molecule has 3 aromatic carbocycles. The summed E-state index contributed by atoms with van der Waals surface area (Å²) in [6, 6.07) is 21.8. The van der Waals surface area contributed by atoms with Crippen molar-refractivity contribution in [1.29, 1.82) is 0 Å². The molecule has 12 heteroatoms. The first-order valence-corrected chi connectivity index (χ1v) is 14.1. The van der Waals surface area contributed by atoms with E-state index in [0.717, 1.165) is 10.0 Å². The largest absolute Gasteiger partial charge is 0.497 e. The number of pyridine rings is 1. The number of anilines is 2. The summed E-state index contributed by atoms with van der Waals surface area (Å²) in [5.74, 6) is 0.620. The number of ether oxygens (including phenoxy) is 2. The van der Waals surface area contributed by atoms with Crippen molar-refractivity contribution in [2.24, 2.45) is 0 Å². The number of benzene rings is 3. The first kappa shape index (κ1) is 27.0. The van der Waals surface area contributed by atoms with Gasteiger partial charge in [-0.05, 0) is 72.8 Å². The second-order valence-corrected chi connectivity index (χ2v) is 11.1. The van der Waals surface area contributed by atoms with Gasteiger partial charge in [-0.15, -0.1) is 0 Å². The first-order valence-electron chi connectivity index (χ1n) is 11.8. The summed E-state index contributed by atoms with van der Waals surface area (Å²) in [4.78, 5) is 26.0. The number of hydrogen-bond donors (Lipinski definition) is 2. The highest BCUT2D eigenvalue weighted by molar-refractivity contribution is 9.10. The van der Waals surface area contributed by atoms with Crippen molar-refractivity contribution in [1.82, 2.24) is 15.0 Å². The van der Waals surface area contributed by atoms with Gasteiger partial charge in [-0.3, -0.25) is 9.52 Å². The molecule has 0 fully saturated rings. The van der Waals surface area contributed by atoms with Gasteiger partial charge in [-0.2, -0.15) is 0 Å². The van der Waals surface area contributed by atoms with Crippen molar-refractivity contribution in [3.63, 3.8) is 0 Å². The van der Waals surface area contributed by atoms with E-state index < -0.39 is 10.0 Å². The van der Waals surface area contributed by atoms with E-state index in [4.69, 9.17) is 14.5 Å². The summed E-state index contributed by atoms with van der Waals surface area (Å²) in [7, 11) is -0.929. The smallest absolute Gasteiger partial charge is 0.263 e. The topological polar surface area (TPSA) is 132 Å². The monoisotopic (exact) mass is 619 g/mol. The molecule has 2 aromatic heterocycles. The third kappa shape index (κ3) is 5.87. The summed E-state index contributed by atoms with van der Waals surface area (Å²) < 4.78 is 39.1. The molecule has 5 rings (SSSR count). The van der Waals surface area contributed by atoms with E-state index in [0.29, 0.717) is 33.6 Å². The molecule has 0 aliphatic rings. The fourth-order valence-electron chi connectivity index (χ4n) is 3.91. The Morgan fingerprint density at radius 3 is 2.33 bits per heavy atom. The molecule has 0 aliphatic carbocycles. The number of carbonyl (C=O) groups is 1. The number of rotatable bonds is 8. The molecule has 202 valence electrons. The molecule has 0 saturated carbocycles. The number of halogens is 1. The minimum atomic E-state index is -3.94. The van der Waals surface area contributed by atoms with Crippen molar-refractivity contribution >= 4 is 54.3 Å². The van der Waals surface area contributed by atoms with Crippen LogP contribution in [0.15, 0.2) is 94.6 Å². The molecule has 2 heterocycles. The average Bonchev–Trinajstić information content (AvgIpc) is 2.96. The van der Waals surface area contributed by atoms with Gasteiger partial charge in [0.25, 0.3) is 15.9 Å². The Labute approximate surface area is 238 Å². The predicted molar refractivity (Wildman–Crippen MR) is 155 cm³/mol. The lowest BCUT2D eigenvalue weighted by Gasteiger charge is -2.12. The van der Waals surface area contributed by atoms with Crippen LogP contribution in [0, 0.1) is 0 Å². The Morgan fingerprint density at radius 2 is 1.62 bits per heavy atom. The lowest BCUT2D eigenvalue weighted by molar-refractivity contribution is 0.102. The fraction of sp³-hybridized carbons (Fsp3) is 0.0714. The standard InChI is InChI=1S/C28H22BrN5O5S/c1-38-20-8-3-17(4-9-20)25-14-23(22-13-18(29)5-12-24(22)33-25)28(35)32-19-6-10-21(11-7-19)40(36,37)34-26-15-27(39-2)31-16-30-26/h3-16H,1-2H3,(H,32,35)(H,30,31,34). The molecule has 10 nitrogen and oxygen atoms in total. The van der Waals surface area contributed by atoms with Crippen LogP contribution >= 0.6 is 15.9 Å². The Kier molecular flexibility index (Phi) is 7.63. The molecule has 40 heavy (non-hydrogen) atoms. The number of methoxy groups -OCH3 is 2. The van der Waals surface area contributed by atoms with Crippen LogP contribution in [0.4, 0.5) is 11.5 Å². The average molecular weight is 620 g/mol. The molecule has 0 unspecified atom stereocenters. The maximum Gasteiger partial charge on any atom is 0.263 e. The Morgan fingerprint density at radius 1 is 0.875 bits per heavy atom. The molecule has 0 saturated heterocycles. The lowest BCUT2D eigenvalue weighted by Crippen LogP contribution is -2.15. The second-order valence-electron chi connectivity index (χ2n) is 8.47. The van der Waals surface area contributed by atoms with Gasteiger partial charge in [0.05, 0.1) is 35.9 Å². The first-order chi connectivity index (χ1) is 19.3. The van der Waals surface area contributed by atoms with Crippen LogP contribution in [-0.2, 0) is 10.0 Å². The van der Waals surface area contributed by atoms with E-state index in [9.17, 15) is 13.2 Å². The minimum absolute atomic E-state index is 0.0110. The number of fused-ring (bicyclic) bond motifs is 1. The molecular weight excluding hydrogens is 598 g/mol. The molecule has 2 N–H and O–H groups in total. The molecule has 5 aromatic rings. The molecule has 0 bridgehead atoms. The third-order valence-electron chi connectivity index (χ3n) is 5.91. The highest BCUT2D eigenvalue weighted by atomic mass is 79.9. The van der Waals surface area contributed by atoms with Gasteiger partial charge >= 0.3 is 0 Å². The van der Waals surface area contributed by atoms with Crippen molar-refractivity contribution in [2.75, 3.05) is 24.3 Å². The van der Waals surface area contributed by atoms with Crippen molar-refractivity contribution in [2.45, 2.75) is 4.90 Å². The molecular formula is C28H22BrN5O5S. The summed E-state index contributed by atoms with van der Waals surface area (Å²) >= 11 is 3.47. The fourth-order valence-corrected chi connectivity index (χ4v) is 5.28. The van der Waals surface area contributed by atoms with Gasteiger partial charge in [0, 0.05) is 27.2 Å². The van der Waals surface area contributed by atoms with E-state index in [1.165, 1.54) is 43.8 Å². The van der Waals surface area contributed by atoms with Crippen molar-refractivity contribution < 1.29 is 22.7 Å². The van der Waals surface area contributed by atoms with Crippen LogP contribution < -0.4 is 19.5 Å². The summed E-state index contributed by atoms with van der Waals surface area (Å²) in [5, 5.41) is 3.52. The molecule has 0 radical (unpaired) electrons. The minimum Gasteiger partial charge on any atom is -0.497 e. The van der Waals surface area contributed by atoms with Gasteiger partial charge in [-0.25, -0.2) is 23.4 Å². The van der Waals surface area contributed by atoms with Crippen molar-refractivity contribution in [3.05, 3.63) is 95.2 Å². The maximum absolute atomic E-state index is 13.5. The van der Waals surface area contributed by atoms with E-state index >= 15 is 0 Å². The number of amides is 1. The van der Waals surface area contributed by atoms with Crippen LogP contribution in [0.25, 0.3) is 22.2 Å². The Bertz CT molecular complexity index is 1810. The van der Waals surface area contributed by atoms with Crippen LogP contribution in [0.2, 0.25) is 0 Å². The third-order valence-corrected chi connectivity index (χ3v) is 7.78. The van der Waals surface area contributed by atoms with Gasteiger partial charge < -0.3 is 14.8 Å². The van der Waals surface area contributed by atoms with Gasteiger partial charge in [0.15, 0.2) is 0 Å². The zero-order chi connectivity index (χ0) is 28.3. The number of carbonyl (C=O) groups excluding carboxylic acids is 1.